The maximum atomic E-state index is 12.1. The highest BCUT2D eigenvalue weighted by molar-refractivity contribution is 14.1. The van der Waals surface area contributed by atoms with E-state index in [0.717, 1.165) is 0 Å². The first kappa shape index (κ1) is 9.98. The average molecular weight is 304 g/mol. The molecule has 0 atom stereocenters. The molecule has 1 rings (SSSR count). The summed E-state index contributed by atoms with van der Waals surface area (Å²) in [6, 6.07) is 6.40. The van der Waals surface area contributed by atoms with E-state index in [1.807, 2.05) is 22.6 Å². The molecule has 0 saturated heterocycles. The van der Waals surface area contributed by atoms with Gasteiger partial charge in [0.05, 0.1) is 3.57 Å². The Balaban J connectivity index is 2.83. The second kappa shape index (κ2) is 3.74. The van der Waals surface area contributed by atoms with Crippen LogP contribution in [-0.2, 0) is 0 Å². The summed E-state index contributed by atoms with van der Waals surface area (Å²) in [5, 5.41) is 0. The number of hydrogen-bond acceptors (Lipinski definition) is 1. The van der Waals surface area contributed by atoms with E-state index >= 15 is 0 Å². The van der Waals surface area contributed by atoms with E-state index < -0.39 is 5.57 Å². The lowest BCUT2D eigenvalue weighted by molar-refractivity contribution is -0.0969. The number of ether oxygens (including phenoxy) is 1. The van der Waals surface area contributed by atoms with Crippen LogP contribution in [0, 0.1) is 3.57 Å². The molecule has 0 aliphatic rings. The van der Waals surface area contributed by atoms with Crippen molar-refractivity contribution in [2.75, 3.05) is 0 Å². The SMILES string of the molecule is FC(F)(Cl)Oc1ccccc1I. The number of rotatable bonds is 2. The molecule has 0 spiro atoms. The van der Waals surface area contributed by atoms with Crippen molar-refractivity contribution in [2.24, 2.45) is 0 Å². The van der Waals surface area contributed by atoms with Crippen LogP contribution in [0.5, 0.6) is 5.75 Å². The van der Waals surface area contributed by atoms with E-state index in [1.165, 1.54) is 6.07 Å². The van der Waals surface area contributed by atoms with Gasteiger partial charge in [0, 0.05) is 11.6 Å². The molecule has 0 fully saturated rings. The van der Waals surface area contributed by atoms with Gasteiger partial charge in [-0.05, 0) is 34.7 Å². The van der Waals surface area contributed by atoms with Crippen molar-refractivity contribution in [3.05, 3.63) is 27.8 Å². The van der Waals surface area contributed by atoms with Crippen LogP contribution in [0.25, 0.3) is 0 Å². The van der Waals surface area contributed by atoms with Crippen LogP contribution in [0.2, 0.25) is 0 Å². The quantitative estimate of drug-likeness (QED) is 0.600. The number of benzene rings is 1. The minimum atomic E-state index is -3.64. The molecular weight excluding hydrogens is 300 g/mol. The third-order valence-electron chi connectivity index (χ3n) is 1.06. The van der Waals surface area contributed by atoms with Crippen LogP contribution < -0.4 is 4.74 Å². The molecule has 5 heteroatoms. The molecule has 0 radical (unpaired) electrons. The van der Waals surface area contributed by atoms with Gasteiger partial charge in [0.1, 0.15) is 5.75 Å². The Morgan fingerprint density at radius 3 is 2.42 bits per heavy atom. The topological polar surface area (TPSA) is 9.23 Å². The van der Waals surface area contributed by atoms with Crippen molar-refractivity contribution in [1.82, 2.24) is 0 Å². The first-order chi connectivity index (χ1) is 5.49. The Morgan fingerprint density at radius 1 is 1.33 bits per heavy atom. The zero-order valence-corrected chi connectivity index (χ0v) is 8.64. The molecule has 12 heavy (non-hydrogen) atoms. The monoisotopic (exact) mass is 304 g/mol. The van der Waals surface area contributed by atoms with Gasteiger partial charge in [-0.15, -0.1) is 8.78 Å². The van der Waals surface area contributed by atoms with Crippen molar-refractivity contribution in [3.63, 3.8) is 0 Å². The summed E-state index contributed by atoms with van der Waals surface area (Å²) in [6.07, 6.45) is 0. The molecule has 0 aliphatic heterocycles. The highest BCUT2D eigenvalue weighted by Crippen LogP contribution is 2.28. The van der Waals surface area contributed by atoms with Gasteiger partial charge in [-0.25, -0.2) is 0 Å². The van der Waals surface area contributed by atoms with E-state index in [1.54, 1.807) is 18.2 Å². The van der Waals surface area contributed by atoms with Crippen molar-refractivity contribution >= 4 is 34.2 Å². The van der Waals surface area contributed by atoms with Crippen LogP contribution in [0.4, 0.5) is 8.78 Å². The van der Waals surface area contributed by atoms with Crippen LogP contribution in [0.1, 0.15) is 0 Å². The molecule has 66 valence electrons. The Bertz CT molecular complexity index is 274. The van der Waals surface area contributed by atoms with Crippen molar-refractivity contribution < 1.29 is 13.5 Å². The molecule has 1 nitrogen and oxygen atoms in total. The van der Waals surface area contributed by atoms with Crippen LogP contribution in [-0.4, -0.2) is 5.57 Å². The Morgan fingerprint density at radius 2 is 1.92 bits per heavy atom. The minimum Gasteiger partial charge on any atom is -0.419 e. The van der Waals surface area contributed by atoms with Crippen LogP contribution in [0.15, 0.2) is 24.3 Å². The largest absolute Gasteiger partial charge is 0.487 e. The summed E-state index contributed by atoms with van der Waals surface area (Å²) in [5.74, 6) is 0.0816. The number of hydrogen-bond donors (Lipinski definition) is 0. The lowest BCUT2D eigenvalue weighted by Crippen LogP contribution is -2.16. The lowest BCUT2D eigenvalue weighted by Gasteiger charge is -2.11. The fraction of sp³-hybridized carbons (Fsp3) is 0.143. The Kier molecular flexibility index (Phi) is 3.11. The summed E-state index contributed by atoms with van der Waals surface area (Å²) >= 11 is 6.46. The highest BCUT2D eigenvalue weighted by Gasteiger charge is 2.28. The molecule has 0 heterocycles. The summed E-state index contributed by atoms with van der Waals surface area (Å²) < 4.78 is 29.0. The standard InChI is InChI=1S/C7H4ClF2IO/c8-7(9,10)12-6-4-2-1-3-5(6)11/h1-4H. The maximum absolute atomic E-state index is 12.1. The minimum absolute atomic E-state index is 0.0816. The first-order valence-corrected chi connectivity index (χ1v) is 4.45. The van der Waals surface area contributed by atoms with Gasteiger partial charge in [-0.1, -0.05) is 12.1 Å². The number of para-hydroxylation sites is 1. The molecule has 0 aliphatic carbocycles. The first-order valence-electron chi connectivity index (χ1n) is 2.99. The molecule has 0 aromatic heterocycles. The van der Waals surface area contributed by atoms with Crippen LogP contribution >= 0.6 is 34.2 Å². The zero-order valence-electron chi connectivity index (χ0n) is 5.73. The van der Waals surface area contributed by atoms with Gasteiger partial charge in [-0.3, -0.25) is 0 Å². The van der Waals surface area contributed by atoms with Gasteiger partial charge in [0.25, 0.3) is 0 Å². The van der Waals surface area contributed by atoms with E-state index in [-0.39, 0.29) is 5.75 Å². The van der Waals surface area contributed by atoms with Crippen molar-refractivity contribution in [3.8, 4) is 5.75 Å². The molecule has 0 N–H and O–H groups in total. The third kappa shape index (κ3) is 3.10. The Labute approximate surface area is 86.8 Å². The van der Waals surface area contributed by atoms with Gasteiger partial charge in [0.15, 0.2) is 0 Å². The van der Waals surface area contributed by atoms with E-state index in [4.69, 9.17) is 0 Å². The number of alkyl halides is 3. The van der Waals surface area contributed by atoms with Gasteiger partial charge >= 0.3 is 5.57 Å². The molecule has 0 amide bonds. The summed E-state index contributed by atoms with van der Waals surface area (Å²) in [5.41, 5.74) is -3.64. The fourth-order valence-corrected chi connectivity index (χ4v) is 1.23. The highest BCUT2D eigenvalue weighted by atomic mass is 127. The Hall–Kier alpha value is -0.100. The lowest BCUT2D eigenvalue weighted by atomic mass is 10.3. The smallest absolute Gasteiger partial charge is 0.419 e. The molecule has 0 saturated carbocycles. The van der Waals surface area contributed by atoms with E-state index in [9.17, 15) is 8.78 Å². The third-order valence-corrected chi connectivity index (χ3v) is 2.03. The fourth-order valence-electron chi connectivity index (χ4n) is 0.652. The second-order valence-corrected chi connectivity index (χ2v) is 3.58. The predicted octanol–water partition coefficient (Wildman–Crippen LogP) is 3.46. The summed E-state index contributed by atoms with van der Waals surface area (Å²) in [6.45, 7) is 0. The molecule has 1 aromatic carbocycles. The van der Waals surface area contributed by atoms with Crippen molar-refractivity contribution in [1.29, 1.82) is 0 Å². The van der Waals surface area contributed by atoms with E-state index in [0.29, 0.717) is 3.57 Å². The molecular formula is C7H4ClF2IO. The van der Waals surface area contributed by atoms with E-state index in [2.05, 4.69) is 16.3 Å². The molecule has 1 aromatic rings. The predicted molar refractivity (Wildman–Crippen MR) is 50.6 cm³/mol. The summed E-state index contributed by atoms with van der Waals surface area (Å²) in [7, 11) is 0. The zero-order chi connectivity index (χ0) is 9.19. The van der Waals surface area contributed by atoms with Crippen molar-refractivity contribution in [2.45, 2.75) is 5.57 Å². The molecule has 0 unspecified atom stereocenters. The normalized spacial score (nSPS) is 11.3. The molecule has 0 bridgehead atoms. The average Bonchev–Trinajstić information content (AvgIpc) is 1.91. The van der Waals surface area contributed by atoms with Crippen LogP contribution in [0.3, 0.4) is 0 Å². The number of halogens is 4. The summed E-state index contributed by atoms with van der Waals surface area (Å²) in [4.78, 5) is 0. The van der Waals surface area contributed by atoms with Gasteiger partial charge in [-0.2, -0.15) is 0 Å². The maximum Gasteiger partial charge on any atom is 0.487 e. The van der Waals surface area contributed by atoms with Gasteiger partial charge < -0.3 is 4.74 Å². The van der Waals surface area contributed by atoms with Gasteiger partial charge in [0.2, 0.25) is 0 Å². The second-order valence-electron chi connectivity index (χ2n) is 1.98.